The zero-order valence-corrected chi connectivity index (χ0v) is 13.4. The van der Waals surface area contributed by atoms with Crippen LogP contribution in [0.5, 0.6) is 0 Å². The number of nitrogens with one attached hydrogen (secondary N) is 1. The third kappa shape index (κ3) is 2.66. The highest BCUT2D eigenvalue weighted by atomic mass is 16.2. The molecule has 124 valence electrons. The van der Waals surface area contributed by atoms with Gasteiger partial charge in [0, 0.05) is 43.8 Å². The number of likely N-dealkylation sites (tertiary alicyclic amines) is 1. The van der Waals surface area contributed by atoms with E-state index in [2.05, 4.69) is 15.4 Å². The molecule has 7 heteroatoms. The fraction of sp³-hybridized carbons (Fsp3) is 0.412. The van der Waals surface area contributed by atoms with Gasteiger partial charge in [-0.2, -0.15) is 5.10 Å². The molecule has 3 heterocycles. The normalized spacial score (nSPS) is 24.5. The van der Waals surface area contributed by atoms with E-state index >= 15 is 0 Å². The minimum atomic E-state index is -0.391. The molecule has 0 aromatic carbocycles. The molecule has 0 unspecified atom stereocenters. The topological polar surface area (TPSA) is 80.1 Å². The summed E-state index contributed by atoms with van der Waals surface area (Å²) < 4.78 is 1.70. The SMILES string of the molecule is Cn1cc(CNC(=O)[C@@H]2C[C@@H]3C[C@@H]3N2C(=O)c2cccnc2)cn1. The largest absolute Gasteiger partial charge is 0.350 e. The molecule has 1 aliphatic carbocycles. The summed E-state index contributed by atoms with van der Waals surface area (Å²) >= 11 is 0. The van der Waals surface area contributed by atoms with Gasteiger partial charge in [0.2, 0.25) is 5.91 Å². The molecule has 0 bridgehead atoms. The first kappa shape index (κ1) is 14.9. The highest BCUT2D eigenvalue weighted by Crippen LogP contribution is 2.48. The number of carbonyl (C=O) groups excluding carboxylic acids is 2. The van der Waals surface area contributed by atoms with Gasteiger partial charge in [0.15, 0.2) is 0 Å². The van der Waals surface area contributed by atoms with Gasteiger partial charge < -0.3 is 10.2 Å². The lowest BCUT2D eigenvalue weighted by Gasteiger charge is -2.26. The summed E-state index contributed by atoms with van der Waals surface area (Å²) in [6.07, 6.45) is 8.53. The Morgan fingerprint density at radius 2 is 2.21 bits per heavy atom. The number of hydrogen-bond acceptors (Lipinski definition) is 4. The van der Waals surface area contributed by atoms with E-state index in [9.17, 15) is 9.59 Å². The van der Waals surface area contributed by atoms with Crippen LogP contribution in [0.1, 0.15) is 28.8 Å². The van der Waals surface area contributed by atoms with Crippen molar-refractivity contribution >= 4 is 11.8 Å². The molecule has 1 N–H and O–H groups in total. The number of fused-ring (bicyclic) bond motifs is 1. The van der Waals surface area contributed by atoms with E-state index in [4.69, 9.17) is 0 Å². The summed E-state index contributed by atoms with van der Waals surface area (Å²) in [4.78, 5) is 31.1. The van der Waals surface area contributed by atoms with Crippen LogP contribution in [0.4, 0.5) is 0 Å². The number of aryl methyl sites for hydroxylation is 1. The minimum Gasteiger partial charge on any atom is -0.350 e. The molecule has 0 radical (unpaired) electrons. The summed E-state index contributed by atoms with van der Waals surface area (Å²) in [5, 5.41) is 7.02. The molecule has 7 nitrogen and oxygen atoms in total. The number of pyridine rings is 1. The molecule has 3 atom stereocenters. The molecule has 0 spiro atoms. The van der Waals surface area contributed by atoms with Gasteiger partial charge >= 0.3 is 0 Å². The Hall–Kier alpha value is -2.70. The molecule has 24 heavy (non-hydrogen) atoms. The maximum atomic E-state index is 12.8. The van der Waals surface area contributed by atoms with E-state index in [1.807, 2.05) is 13.2 Å². The van der Waals surface area contributed by atoms with E-state index in [1.54, 1.807) is 40.3 Å². The summed E-state index contributed by atoms with van der Waals surface area (Å²) in [5.74, 6) is 0.262. The van der Waals surface area contributed by atoms with Crippen molar-refractivity contribution in [1.29, 1.82) is 0 Å². The van der Waals surface area contributed by atoms with E-state index in [1.165, 1.54) is 0 Å². The zero-order valence-electron chi connectivity index (χ0n) is 13.4. The van der Waals surface area contributed by atoms with Crippen LogP contribution in [0.15, 0.2) is 36.9 Å². The second-order valence-corrected chi connectivity index (χ2v) is 6.51. The number of piperidine rings is 1. The number of nitrogens with zero attached hydrogens (tertiary/aromatic N) is 4. The van der Waals surface area contributed by atoms with Crippen LogP contribution < -0.4 is 5.32 Å². The van der Waals surface area contributed by atoms with Gasteiger partial charge in [-0.1, -0.05) is 0 Å². The average Bonchev–Trinajstić information content (AvgIpc) is 3.07. The Labute approximate surface area is 139 Å². The van der Waals surface area contributed by atoms with Crippen LogP contribution in [-0.2, 0) is 18.4 Å². The molecule has 2 aliphatic rings. The van der Waals surface area contributed by atoms with Gasteiger partial charge in [0.25, 0.3) is 5.91 Å². The third-order valence-electron chi connectivity index (χ3n) is 4.78. The lowest BCUT2D eigenvalue weighted by Crippen LogP contribution is -2.47. The van der Waals surface area contributed by atoms with Crippen LogP contribution in [0.3, 0.4) is 0 Å². The number of hydrogen-bond donors (Lipinski definition) is 1. The standard InChI is InChI=1S/C17H19N5O2/c1-21-10-11(8-20-21)7-19-16(23)15-6-13-5-14(13)22(15)17(24)12-3-2-4-18-9-12/h2-4,8-10,13-15H,5-7H2,1H3,(H,19,23)/t13-,14-,15-/m0/s1. The van der Waals surface area contributed by atoms with E-state index in [0.29, 0.717) is 18.0 Å². The lowest BCUT2D eigenvalue weighted by atomic mass is 10.1. The summed E-state index contributed by atoms with van der Waals surface area (Å²) in [6.45, 7) is 0.424. The fourth-order valence-electron chi connectivity index (χ4n) is 3.49. The van der Waals surface area contributed by atoms with Crippen LogP contribution in [0.2, 0.25) is 0 Å². The third-order valence-corrected chi connectivity index (χ3v) is 4.78. The van der Waals surface area contributed by atoms with Crippen molar-refractivity contribution in [1.82, 2.24) is 25.0 Å². The first-order valence-electron chi connectivity index (χ1n) is 8.11. The van der Waals surface area contributed by atoms with Crippen LogP contribution in [0, 0.1) is 5.92 Å². The molecule has 4 rings (SSSR count). The quantitative estimate of drug-likeness (QED) is 0.899. The van der Waals surface area contributed by atoms with Gasteiger partial charge in [0.05, 0.1) is 11.8 Å². The van der Waals surface area contributed by atoms with Crippen LogP contribution in [0.25, 0.3) is 0 Å². The second kappa shape index (κ2) is 5.74. The Bertz CT molecular complexity index is 772. The maximum absolute atomic E-state index is 12.8. The van der Waals surface area contributed by atoms with E-state index < -0.39 is 6.04 Å². The molecular weight excluding hydrogens is 306 g/mol. The van der Waals surface area contributed by atoms with Crippen LogP contribution >= 0.6 is 0 Å². The molecule has 2 fully saturated rings. The van der Waals surface area contributed by atoms with Gasteiger partial charge in [-0.05, 0) is 30.9 Å². The highest BCUT2D eigenvalue weighted by Gasteiger charge is 2.56. The average molecular weight is 325 g/mol. The summed E-state index contributed by atoms with van der Waals surface area (Å²) in [5.41, 5.74) is 1.48. The summed E-state index contributed by atoms with van der Waals surface area (Å²) in [6, 6.07) is 3.30. The molecule has 1 saturated heterocycles. The molecule has 1 saturated carbocycles. The molecular formula is C17H19N5O2. The Balaban J connectivity index is 1.45. The van der Waals surface area contributed by atoms with Gasteiger partial charge in [-0.25, -0.2) is 0 Å². The molecule has 1 aliphatic heterocycles. The van der Waals surface area contributed by atoms with Gasteiger partial charge in [0.1, 0.15) is 6.04 Å². The molecule has 2 amide bonds. The molecule has 2 aromatic rings. The van der Waals surface area contributed by atoms with E-state index in [-0.39, 0.29) is 17.9 Å². The smallest absolute Gasteiger partial charge is 0.256 e. The first-order valence-corrected chi connectivity index (χ1v) is 8.11. The molecule has 2 aromatic heterocycles. The van der Waals surface area contributed by atoms with Crippen LogP contribution in [-0.4, -0.2) is 43.6 Å². The lowest BCUT2D eigenvalue weighted by molar-refractivity contribution is -0.125. The number of amides is 2. The van der Waals surface area contributed by atoms with Gasteiger partial charge in [-0.3, -0.25) is 19.3 Å². The number of carbonyl (C=O) groups is 2. The van der Waals surface area contributed by atoms with Crippen molar-refractivity contribution in [3.8, 4) is 0 Å². The van der Waals surface area contributed by atoms with Crippen molar-refractivity contribution in [2.24, 2.45) is 13.0 Å². The van der Waals surface area contributed by atoms with E-state index in [0.717, 1.165) is 18.4 Å². The predicted octanol–water partition coefficient (Wildman–Crippen LogP) is 0.734. The number of rotatable bonds is 4. The van der Waals surface area contributed by atoms with Gasteiger partial charge in [-0.15, -0.1) is 0 Å². The Kier molecular flexibility index (Phi) is 3.55. The van der Waals surface area contributed by atoms with Crippen molar-refractivity contribution in [3.63, 3.8) is 0 Å². The Morgan fingerprint density at radius 1 is 1.33 bits per heavy atom. The zero-order chi connectivity index (χ0) is 16.7. The minimum absolute atomic E-state index is 0.0942. The highest BCUT2D eigenvalue weighted by molar-refractivity contribution is 5.98. The predicted molar refractivity (Wildman–Crippen MR) is 85.8 cm³/mol. The fourth-order valence-corrected chi connectivity index (χ4v) is 3.49. The van der Waals surface area contributed by atoms with Crippen molar-refractivity contribution in [3.05, 3.63) is 48.0 Å². The summed E-state index contributed by atoms with van der Waals surface area (Å²) in [7, 11) is 1.84. The van der Waals surface area contributed by atoms with Crippen molar-refractivity contribution < 1.29 is 9.59 Å². The monoisotopic (exact) mass is 325 g/mol. The van der Waals surface area contributed by atoms with Crippen molar-refractivity contribution in [2.45, 2.75) is 31.5 Å². The van der Waals surface area contributed by atoms with Crippen molar-refractivity contribution in [2.75, 3.05) is 0 Å². The second-order valence-electron chi connectivity index (χ2n) is 6.51. The number of aromatic nitrogens is 3. The Morgan fingerprint density at radius 3 is 2.92 bits per heavy atom. The maximum Gasteiger partial charge on any atom is 0.256 e. The first-order chi connectivity index (χ1) is 11.6.